The zero-order valence-electron chi connectivity index (χ0n) is 17.2. The number of hydrogen-bond acceptors (Lipinski definition) is 4. The summed E-state index contributed by atoms with van der Waals surface area (Å²) >= 11 is 0. The van der Waals surface area contributed by atoms with Gasteiger partial charge in [-0.2, -0.15) is 5.10 Å². The molecule has 0 aliphatic carbocycles. The number of nitrogens with zero attached hydrogens (tertiary/aromatic N) is 3. The molecule has 0 aliphatic rings. The second-order valence-corrected chi connectivity index (χ2v) is 6.91. The van der Waals surface area contributed by atoms with Crippen LogP contribution in [0, 0.1) is 13.8 Å². The molecule has 3 aromatic rings. The highest BCUT2D eigenvalue weighted by Crippen LogP contribution is 2.17. The van der Waals surface area contributed by atoms with Gasteiger partial charge in [0.05, 0.1) is 24.2 Å². The Morgan fingerprint density at radius 1 is 1.07 bits per heavy atom. The van der Waals surface area contributed by atoms with Crippen LogP contribution in [-0.2, 0) is 11.3 Å². The lowest BCUT2D eigenvalue weighted by Gasteiger charge is -2.19. The highest BCUT2D eigenvalue weighted by Gasteiger charge is 2.17. The first-order valence-corrected chi connectivity index (χ1v) is 9.54. The number of aryl methyl sites for hydroxylation is 1. The first-order valence-electron chi connectivity index (χ1n) is 9.54. The molecule has 0 radical (unpaired) electrons. The summed E-state index contributed by atoms with van der Waals surface area (Å²) in [5, 5.41) is 4.28. The molecule has 6 heteroatoms. The van der Waals surface area contributed by atoms with E-state index in [4.69, 9.17) is 4.74 Å². The second-order valence-electron chi connectivity index (χ2n) is 6.91. The molecule has 0 bridgehead atoms. The van der Waals surface area contributed by atoms with E-state index in [1.807, 2.05) is 50.2 Å². The largest absolute Gasteiger partial charge is 0.462 e. The third kappa shape index (κ3) is 4.37. The molecule has 0 unspecified atom stereocenters. The Morgan fingerprint density at radius 3 is 2.41 bits per heavy atom. The third-order valence-electron chi connectivity index (χ3n) is 4.88. The smallest absolute Gasteiger partial charge is 0.341 e. The predicted octanol–water partition coefficient (Wildman–Crippen LogP) is 3.94. The summed E-state index contributed by atoms with van der Waals surface area (Å²) in [6.07, 6.45) is 1.50. The van der Waals surface area contributed by atoms with Gasteiger partial charge in [0.25, 0.3) is 5.91 Å². The van der Waals surface area contributed by atoms with Crippen LogP contribution in [0.1, 0.15) is 44.5 Å². The Morgan fingerprint density at radius 2 is 1.76 bits per heavy atom. The fraction of sp³-hybridized carbons (Fsp3) is 0.261. The highest BCUT2D eigenvalue weighted by atomic mass is 16.5. The third-order valence-corrected chi connectivity index (χ3v) is 4.88. The molecule has 0 atom stereocenters. The summed E-state index contributed by atoms with van der Waals surface area (Å²) in [5.41, 5.74) is 4.79. The van der Waals surface area contributed by atoms with Gasteiger partial charge in [0.15, 0.2) is 0 Å². The van der Waals surface area contributed by atoms with Crippen LogP contribution in [0.15, 0.2) is 54.7 Å². The second kappa shape index (κ2) is 8.73. The minimum atomic E-state index is -0.388. The normalized spacial score (nSPS) is 10.6. The fourth-order valence-electron chi connectivity index (χ4n) is 3.16. The average molecular weight is 391 g/mol. The molecule has 1 amide bonds. The van der Waals surface area contributed by atoms with Gasteiger partial charge >= 0.3 is 5.97 Å². The zero-order chi connectivity index (χ0) is 21.0. The molecule has 0 aliphatic heterocycles. The van der Waals surface area contributed by atoms with Crippen LogP contribution >= 0.6 is 0 Å². The van der Waals surface area contributed by atoms with Crippen molar-refractivity contribution in [2.24, 2.45) is 0 Å². The van der Waals surface area contributed by atoms with E-state index in [0.717, 1.165) is 16.8 Å². The number of esters is 1. The van der Waals surface area contributed by atoms with Crippen molar-refractivity contribution in [2.45, 2.75) is 27.3 Å². The first kappa shape index (κ1) is 20.3. The summed E-state index contributed by atoms with van der Waals surface area (Å²) in [7, 11) is 1.80. The Bertz CT molecular complexity index is 1020. The molecule has 6 nitrogen and oxygen atoms in total. The molecular formula is C23H25N3O3. The summed E-state index contributed by atoms with van der Waals surface area (Å²) in [5.74, 6) is -0.440. The van der Waals surface area contributed by atoms with E-state index < -0.39 is 0 Å². The molecule has 1 heterocycles. The first-order chi connectivity index (χ1) is 13.9. The highest BCUT2D eigenvalue weighted by molar-refractivity contribution is 5.94. The quantitative estimate of drug-likeness (QED) is 0.597. The van der Waals surface area contributed by atoms with Crippen molar-refractivity contribution in [3.8, 4) is 5.69 Å². The minimum absolute atomic E-state index is 0.0517. The number of benzene rings is 2. The van der Waals surface area contributed by atoms with Crippen molar-refractivity contribution < 1.29 is 14.3 Å². The van der Waals surface area contributed by atoms with Crippen LogP contribution in [0.4, 0.5) is 0 Å². The van der Waals surface area contributed by atoms with E-state index in [-0.39, 0.29) is 11.9 Å². The Hall–Kier alpha value is -3.41. The van der Waals surface area contributed by atoms with Crippen molar-refractivity contribution in [1.82, 2.24) is 14.7 Å². The summed E-state index contributed by atoms with van der Waals surface area (Å²) in [6, 6.07) is 15.2. The van der Waals surface area contributed by atoms with Gasteiger partial charge in [-0.1, -0.05) is 24.3 Å². The van der Waals surface area contributed by atoms with Crippen molar-refractivity contribution in [1.29, 1.82) is 0 Å². The molecule has 0 saturated carbocycles. The van der Waals surface area contributed by atoms with E-state index >= 15 is 0 Å². The molecule has 150 valence electrons. The number of hydrogen-bond donors (Lipinski definition) is 0. The van der Waals surface area contributed by atoms with Gasteiger partial charge < -0.3 is 9.64 Å². The van der Waals surface area contributed by atoms with Gasteiger partial charge in [-0.25, -0.2) is 9.48 Å². The number of carbonyl (C=O) groups excluding carboxylic acids is 2. The van der Waals surface area contributed by atoms with Crippen molar-refractivity contribution in [2.75, 3.05) is 13.7 Å². The summed E-state index contributed by atoms with van der Waals surface area (Å²) < 4.78 is 6.71. The topological polar surface area (TPSA) is 64.4 Å². The molecule has 29 heavy (non-hydrogen) atoms. The molecule has 0 N–H and O–H groups in total. The van der Waals surface area contributed by atoms with Gasteiger partial charge in [-0.15, -0.1) is 0 Å². The minimum Gasteiger partial charge on any atom is -0.462 e. The summed E-state index contributed by atoms with van der Waals surface area (Å²) in [4.78, 5) is 26.5. The number of aromatic nitrogens is 2. The molecule has 0 fully saturated rings. The van der Waals surface area contributed by atoms with Gasteiger partial charge in [-0.3, -0.25) is 4.79 Å². The van der Waals surface area contributed by atoms with Crippen LogP contribution in [0.2, 0.25) is 0 Å². The molecular weight excluding hydrogens is 366 g/mol. The number of ether oxygens (including phenoxy) is 1. The number of rotatable bonds is 6. The fourth-order valence-corrected chi connectivity index (χ4v) is 3.16. The molecule has 1 aromatic heterocycles. The maximum Gasteiger partial charge on any atom is 0.341 e. The van der Waals surface area contributed by atoms with E-state index in [9.17, 15) is 9.59 Å². The van der Waals surface area contributed by atoms with E-state index in [1.165, 1.54) is 6.20 Å². The predicted molar refractivity (Wildman–Crippen MR) is 111 cm³/mol. The van der Waals surface area contributed by atoms with Crippen LogP contribution in [0.3, 0.4) is 0 Å². The van der Waals surface area contributed by atoms with Crippen LogP contribution in [0.5, 0.6) is 0 Å². The van der Waals surface area contributed by atoms with Crippen LogP contribution in [-0.4, -0.2) is 40.2 Å². The molecule has 3 rings (SSSR count). The lowest BCUT2D eigenvalue weighted by molar-refractivity contribution is 0.0525. The SMILES string of the molecule is CCOC(=O)c1cnn(-c2ccc(C(=O)N(C)Cc3ccccc3C)cc2)c1C. The lowest BCUT2D eigenvalue weighted by Crippen LogP contribution is -2.26. The van der Waals surface area contributed by atoms with Crippen molar-refractivity contribution in [3.05, 3.63) is 82.7 Å². The Labute approximate surface area is 170 Å². The van der Waals surface area contributed by atoms with E-state index in [0.29, 0.717) is 30.0 Å². The van der Waals surface area contributed by atoms with Crippen molar-refractivity contribution >= 4 is 11.9 Å². The lowest BCUT2D eigenvalue weighted by atomic mass is 10.1. The van der Waals surface area contributed by atoms with Gasteiger partial charge in [0.1, 0.15) is 5.56 Å². The van der Waals surface area contributed by atoms with Gasteiger partial charge in [0, 0.05) is 19.2 Å². The maximum atomic E-state index is 12.8. The Kier molecular flexibility index (Phi) is 6.12. The van der Waals surface area contributed by atoms with Crippen molar-refractivity contribution in [3.63, 3.8) is 0 Å². The average Bonchev–Trinajstić information content (AvgIpc) is 3.11. The molecule has 0 saturated heterocycles. The standard InChI is InChI=1S/C23H25N3O3/c1-5-29-23(28)21-14-24-26(17(21)3)20-12-10-18(11-13-20)22(27)25(4)15-19-9-7-6-8-16(19)2/h6-14H,5,15H2,1-4H3. The monoisotopic (exact) mass is 391 g/mol. The zero-order valence-corrected chi connectivity index (χ0v) is 17.2. The van der Waals surface area contributed by atoms with Gasteiger partial charge in [-0.05, 0) is 56.2 Å². The molecule has 0 spiro atoms. The number of amides is 1. The van der Waals surface area contributed by atoms with E-state index in [2.05, 4.69) is 5.10 Å². The Balaban J connectivity index is 1.75. The van der Waals surface area contributed by atoms with E-state index in [1.54, 1.807) is 35.7 Å². The van der Waals surface area contributed by atoms with Crippen LogP contribution < -0.4 is 0 Å². The number of carbonyl (C=O) groups is 2. The maximum absolute atomic E-state index is 12.8. The summed E-state index contributed by atoms with van der Waals surface area (Å²) in [6.45, 7) is 6.49. The van der Waals surface area contributed by atoms with Crippen LogP contribution in [0.25, 0.3) is 5.69 Å². The molecule has 2 aromatic carbocycles. The van der Waals surface area contributed by atoms with Gasteiger partial charge in [0.2, 0.25) is 0 Å².